The Balaban J connectivity index is 1.43. The maximum Gasteiger partial charge on any atom is 0.316 e. The van der Waals surface area contributed by atoms with Gasteiger partial charge in [-0.15, -0.1) is 11.8 Å². The molecular formula is C40H56N4O5S. The van der Waals surface area contributed by atoms with Gasteiger partial charge in [-0.2, -0.15) is 0 Å². The van der Waals surface area contributed by atoms with Gasteiger partial charge < -0.3 is 26.6 Å². The first-order chi connectivity index (χ1) is 23.8. The molecule has 2 bridgehead atoms. The van der Waals surface area contributed by atoms with Crippen LogP contribution in [0.3, 0.4) is 0 Å². The number of hydrogen-bond donors (Lipinski definition) is 4. The Bertz CT molecular complexity index is 1560. The van der Waals surface area contributed by atoms with Crippen LogP contribution in [0.25, 0.3) is 0 Å². The van der Waals surface area contributed by atoms with Crippen LogP contribution in [0.2, 0.25) is 0 Å². The Labute approximate surface area is 301 Å². The summed E-state index contributed by atoms with van der Waals surface area (Å²) >= 11 is 1.42. The summed E-state index contributed by atoms with van der Waals surface area (Å²) in [6.45, 7) is 12.4. The van der Waals surface area contributed by atoms with Crippen molar-refractivity contribution in [2.24, 2.45) is 50.5 Å². The summed E-state index contributed by atoms with van der Waals surface area (Å²) in [6.07, 6.45) is 2.71. The van der Waals surface area contributed by atoms with Gasteiger partial charge in [0.15, 0.2) is 0 Å². The molecule has 50 heavy (non-hydrogen) atoms. The van der Waals surface area contributed by atoms with E-state index >= 15 is 0 Å². The number of carbonyl (C=O) groups excluding carboxylic acids is 3. The van der Waals surface area contributed by atoms with Gasteiger partial charge in [0.25, 0.3) is 5.91 Å². The predicted molar refractivity (Wildman–Crippen MR) is 199 cm³/mol. The maximum absolute atomic E-state index is 13.9. The number of nitrogens with zero attached hydrogens (tertiary/aromatic N) is 1. The zero-order valence-electron chi connectivity index (χ0n) is 30.4. The third-order valence-corrected chi connectivity index (χ3v) is 13.8. The summed E-state index contributed by atoms with van der Waals surface area (Å²) in [6, 6.07) is 15.3. The smallest absolute Gasteiger partial charge is 0.316 e. The Hall–Kier alpha value is -3.05. The van der Waals surface area contributed by atoms with E-state index in [2.05, 4.69) is 26.1 Å². The standard InChI is InChI=1S/C40H56N4O5S/c1-25-15-17-40-18-16-32(45)35(40)39(25,5)33(49-34(46)24-50-31-13-9-28(22-42)10-14-31)21-38(4,36(47)26(40)2)27(3)44-23-29-7-11-30(12-8-29)37(48)43-20-6-19-41/h7-14,25-26,33,35-36,47H,6,15-24,41-42H2,1-5H3,(H,43,48). The third kappa shape index (κ3) is 7.31. The second-order valence-corrected chi connectivity index (χ2v) is 16.5. The van der Waals surface area contributed by atoms with Crippen molar-refractivity contribution in [3.8, 4) is 0 Å². The highest BCUT2D eigenvalue weighted by Gasteiger charge is 2.68. The molecule has 9 nitrogen and oxygen atoms in total. The largest absolute Gasteiger partial charge is 0.461 e. The molecule has 2 aromatic rings. The fourth-order valence-corrected chi connectivity index (χ4v) is 9.92. The molecule has 0 aliphatic heterocycles. The van der Waals surface area contributed by atoms with Gasteiger partial charge >= 0.3 is 5.97 Å². The number of benzene rings is 2. The van der Waals surface area contributed by atoms with Crippen molar-refractivity contribution in [2.75, 3.05) is 18.8 Å². The second kappa shape index (κ2) is 15.7. The molecule has 272 valence electrons. The lowest BCUT2D eigenvalue weighted by Gasteiger charge is -2.62. The molecule has 8 atom stereocenters. The zero-order chi connectivity index (χ0) is 36.3. The molecular weight excluding hydrogens is 649 g/mol. The van der Waals surface area contributed by atoms with E-state index in [0.717, 1.165) is 47.4 Å². The minimum absolute atomic E-state index is 0.135. The lowest BCUT2D eigenvalue weighted by atomic mass is 9.43. The summed E-state index contributed by atoms with van der Waals surface area (Å²) in [5, 5.41) is 15.3. The molecule has 3 saturated carbocycles. The van der Waals surface area contributed by atoms with Crippen LogP contribution in [0.1, 0.15) is 94.6 Å². The monoisotopic (exact) mass is 704 g/mol. The van der Waals surface area contributed by atoms with E-state index in [1.165, 1.54) is 11.8 Å². The summed E-state index contributed by atoms with van der Waals surface area (Å²) < 4.78 is 6.53. The first-order valence-electron chi connectivity index (χ1n) is 18.2. The molecule has 3 aliphatic rings. The molecule has 0 saturated heterocycles. The van der Waals surface area contributed by atoms with Gasteiger partial charge in [-0.25, -0.2) is 0 Å². The molecule has 3 fully saturated rings. The van der Waals surface area contributed by atoms with Gasteiger partial charge in [-0.05, 0) is 98.2 Å². The maximum atomic E-state index is 13.9. The first kappa shape index (κ1) is 38.2. The summed E-state index contributed by atoms with van der Waals surface area (Å²) in [4.78, 5) is 46.1. The number of carbonyl (C=O) groups is 3. The van der Waals surface area contributed by atoms with E-state index in [0.29, 0.717) is 44.6 Å². The lowest BCUT2D eigenvalue weighted by molar-refractivity contribution is -0.203. The number of rotatable bonds is 12. The number of nitrogens with two attached hydrogens (primary N) is 2. The number of aliphatic hydroxyl groups excluding tert-OH is 1. The van der Waals surface area contributed by atoms with Crippen molar-refractivity contribution in [1.29, 1.82) is 0 Å². The fraction of sp³-hybridized carbons (Fsp3) is 0.600. The van der Waals surface area contributed by atoms with Crippen LogP contribution in [0, 0.1) is 34.0 Å². The Morgan fingerprint density at radius 3 is 2.38 bits per heavy atom. The summed E-state index contributed by atoms with van der Waals surface area (Å²) in [7, 11) is 0. The van der Waals surface area contributed by atoms with Crippen LogP contribution in [0.5, 0.6) is 0 Å². The molecule has 2 aromatic carbocycles. The SMILES string of the molecule is CC(=NCc1ccc(C(=O)NCCCN)cc1)C1(C)CC(OC(=O)CSc2ccc(CN)cc2)C2(C)C(C)CCC3(CCC(=O)C32)C(C)C1O. The number of nitrogens with one attached hydrogen (secondary N) is 1. The van der Waals surface area contributed by atoms with Gasteiger partial charge in [0.2, 0.25) is 0 Å². The van der Waals surface area contributed by atoms with Crippen LogP contribution in [-0.2, 0) is 27.4 Å². The number of ketones is 1. The number of Topliss-reactive ketones (excluding diaryl/α,β-unsaturated/α-hetero) is 1. The fourth-order valence-electron chi connectivity index (χ4n) is 9.24. The van der Waals surface area contributed by atoms with Gasteiger partial charge in [0, 0.05) is 52.4 Å². The van der Waals surface area contributed by atoms with Crippen molar-refractivity contribution < 1.29 is 24.2 Å². The molecule has 1 amide bonds. The van der Waals surface area contributed by atoms with Crippen molar-refractivity contribution in [2.45, 2.75) is 103 Å². The van der Waals surface area contributed by atoms with Crippen molar-refractivity contribution >= 4 is 35.1 Å². The molecule has 0 radical (unpaired) electrons. The van der Waals surface area contributed by atoms with Crippen LogP contribution >= 0.6 is 11.8 Å². The van der Waals surface area contributed by atoms with Gasteiger partial charge in [0.05, 0.1) is 18.4 Å². The quantitative estimate of drug-likeness (QED) is 0.0949. The number of aliphatic imine (C=N–C) groups is 1. The summed E-state index contributed by atoms with van der Waals surface area (Å²) in [5.74, 6) is -0.386. The molecule has 0 spiro atoms. The van der Waals surface area contributed by atoms with Crippen molar-refractivity contribution in [3.05, 3.63) is 65.2 Å². The van der Waals surface area contributed by atoms with E-state index < -0.39 is 23.0 Å². The van der Waals surface area contributed by atoms with Crippen LogP contribution in [0.4, 0.5) is 0 Å². The number of esters is 1. The second-order valence-electron chi connectivity index (χ2n) is 15.4. The Kier molecular flexibility index (Phi) is 12.0. The van der Waals surface area contributed by atoms with Crippen molar-refractivity contribution in [3.63, 3.8) is 0 Å². The highest BCUT2D eigenvalue weighted by molar-refractivity contribution is 8.00. The van der Waals surface area contributed by atoms with E-state index in [1.807, 2.05) is 50.2 Å². The van der Waals surface area contributed by atoms with E-state index in [9.17, 15) is 19.5 Å². The molecule has 6 N–H and O–H groups in total. The molecule has 3 aliphatic carbocycles. The average molecular weight is 705 g/mol. The first-order valence-corrected chi connectivity index (χ1v) is 19.2. The lowest BCUT2D eigenvalue weighted by Crippen LogP contribution is -2.64. The number of thioether (sulfide) groups is 1. The molecule has 0 aromatic heterocycles. The predicted octanol–water partition coefficient (Wildman–Crippen LogP) is 5.70. The van der Waals surface area contributed by atoms with Gasteiger partial charge in [-0.3, -0.25) is 19.4 Å². The van der Waals surface area contributed by atoms with E-state index in [4.69, 9.17) is 21.2 Å². The highest BCUT2D eigenvalue weighted by atomic mass is 32.2. The number of amides is 1. The minimum atomic E-state index is -0.819. The third-order valence-electron chi connectivity index (χ3n) is 12.8. The molecule has 10 heteroatoms. The molecule has 8 unspecified atom stereocenters. The Morgan fingerprint density at radius 2 is 1.72 bits per heavy atom. The highest BCUT2D eigenvalue weighted by Crippen LogP contribution is 2.68. The molecule has 5 rings (SSSR count). The van der Waals surface area contributed by atoms with Gasteiger partial charge in [-0.1, -0.05) is 52.0 Å². The van der Waals surface area contributed by atoms with Crippen LogP contribution in [0.15, 0.2) is 58.4 Å². The normalized spacial score (nSPS) is 32.5. The zero-order valence-corrected chi connectivity index (χ0v) is 31.2. The van der Waals surface area contributed by atoms with Crippen molar-refractivity contribution in [1.82, 2.24) is 5.32 Å². The van der Waals surface area contributed by atoms with Crippen LogP contribution < -0.4 is 16.8 Å². The minimum Gasteiger partial charge on any atom is -0.461 e. The topological polar surface area (TPSA) is 157 Å². The van der Waals surface area contributed by atoms with Crippen LogP contribution in [-0.4, -0.2) is 59.5 Å². The van der Waals surface area contributed by atoms with E-state index in [1.54, 1.807) is 12.1 Å². The summed E-state index contributed by atoms with van der Waals surface area (Å²) in [5.41, 5.74) is 12.8. The molecule has 0 heterocycles. The number of aliphatic hydroxyl groups is 1. The number of ether oxygens (including phenoxy) is 1. The Morgan fingerprint density at radius 1 is 1.04 bits per heavy atom. The van der Waals surface area contributed by atoms with Gasteiger partial charge in [0.1, 0.15) is 11.9 Å². The number of hydrogen-bond acceptors (Lipinski definition) is 9. The average Bonchev–Trinajstić information content (AvgIpc) is 3.48. The van der Waals surface area contributed by atoms with E-state index in [-0.39, 0.29) is 46.6 Å².